The smallest absolute Gasteiger partial charge is 0.267 e. The third-order valence-electron chi connectivity index (χ3n) is 3.30. The Morgan fingerprint density at radius 3 is 2.60 bits per heavy atom. The van der Waals surface area contributed by atoms with Gasteiger partial charge in [0.15, 0.2) is 0 Å². The quantitative estimate of drug-likeness (QED) is 0.669. The van der Waals surface area contributed by atoms with E-state index in [0.717, 1.165) is 4.47 Å². The summed E-state index contributed by atoms with van der Waals surface area (Å²) in [4.78, 5) is 33.3. The van der Waals surface area contributed by atoms with Crippen molar-refractivity contribution in [2.45, 2.75) is 6.92 Å². The molecule has 1 aromatic carbocycles. The lowest BCUT2D eigenvalue weighted by atomic mass is 10.2. The summed E-state index contributed by atoms with van der Waals surface area (Å²) >= 11 is 4.57. The van der Waals surface area contributed by atoms with Crippen molar-refractivity contribution in [3.63, 3.8) is 0 Å². The van der Waals surface area contributed by atoms with Crippen LogP contribution in [-0.2, 0) is 0 Å². The SMILES string of the molecule is Cc1ncsc1C(=O)Nc1cccc(C(=O)Nc2ccc(Br)cn2)c1. The molecule has 8 heteroatoms. The molecule has 0 bridgehead atoms. The summed E-state index contributed by atoms with van der Waals surface area (Å²) in [5, 5.41) is 5.49. The number of halogens is 1. The van der Waals surface area contributed by atoms with Gasteiger partial charge < -0.3 is 10.6 Å². The van der Waals surface area contributed by atoms with Gasteiger partial charge in [0, 0.05) is 21.9 Å². The van der Waals surface area contributed by atoms with Crippen molar-refractivity contribution in [2.24, 2.45) is 0 Å². The van der Waals surface area contributed by atoms with Gasteiger partial charge in [-0.2, -0.15) is 0 Å². The molecular weight excluding hydrogens is 404 g/mol. The first-order chi connectivity index (χ1) is 12.0. The highest BCUT2D eigenvalue weighted by Crippen LogP contribution is 2.17. The fraction of sp³-hybridized carbons (Fsp3) is 0.0588. The molecular formula is C17H13BrN4O2S. The molecule has 0 saturated carbocycles. The lowest BCUT2D eigenvalue weighted by Gasteiger charge is -2.08. The summed E-state index contributed by atoms with van der Waals surface area (Å²) in [5.74, 6) is -0.102. The number of aryl methyl sites for hydroxylation is 1. The molecule has 25 heavy (non-hydrogen) atoms. The molecule has 2 amide bonds. The van der Waals surface area contributed by atoms with E-state index < -0.39 is 0 Å². The van der Waals surface area contributed by atoms with Gasteiger partial charge in [-0.15, -0.1) is 11.3 Å². The Labute approximate surface area is 156 Å². The number of amides is 2. The van der Waals surface area contributed by atoms with Crippen molar-refractivity contribution < 1.29 is 9.59 Å². The summed E-state index contributed by atoms with van der Waals surface area (Å²) < 4.78 is 0.827. The summed E-state index contributed by atoms with van der Waals surface area (Å²) in [6.45, 7) is 1.78. The van der Waals surface area contributed by atoms with Gasteiger partial charge >= 0.3 is 0 Å². The maximum atomic E-state index is 12.3. The first kappa shape index (κ1) is 17.2. The van der Waals surface area contributed by atoms with E-state index in [4.69, 9.17) is 0 Å². The van der Waals surface area contributed by atoms with E-state index in [0.29, 0.717) is 27.6 Å². The molecule has 0 fully saturated rings. The van der Waals surface area contributed by atoms with E-state index in [2.05, 4.69) is 36.5 Å². The van der Waals surface area contributed by atoms with E-state index in [1.165, 1.54) is 11.3 Å². The van der Waals surface area contributed by atoms with Crippen LogP contribution in [0, 0.1) is 6.92 Å². The van der Waals surface area contributed by atoms with Gasteiger partial charge in [0.1, 0.15) is 10.7 Å². The highest BCUT2D eigenvalue weighted by Gasteiger charge is 2.13. The van der Waals surface area contributed by atoms with Crippen LogP contribution in [0.5, 0.6) is 0 Å². The van der Waals surface area contributed by atoms with Crippen molar-refractivity contribution >= 4 is 50.6 Å². The topological polar surface area (TPSA) is 84.0 Å². The van der Waals surface area contributed by atoms with Crippen molar-refractivity contribution in [2.75, 3.05) is 10.6 Å². The summed E-state index contributed by atoms with van der Waals surface area (Å²) in [7, 11) is 0. The number of pyridine rings is 1. The van der Waals surface area contributed by atoms with Crippen LogP contribution in [0.1, 0.15) is 25.7 Å². The highest BCUT2D eigenvalue weighted by molar-refractivity contribution is 9.10. The molecule has 2 N–H and O–H groups in total. The highest BCUT2D eigenvalue weighted by atomic mass is 79.9. The molecule has 2 heterocycles. The second kappa shape index (κ2) is 7.54. The molecule has 0 unspecified atom stereocenters. The zero-order valence-electron chi connectivity index (χ0n) is 13.1. The maximum Gasteiger partial charge on any atom is 0.267 e. The van der Waals surface area contributed by atoms with E-state index >= 15 is 0 Å². The normalized spacial score (nSPS) is 10.3. The molecule has 2 aromatic heterocycles. The summed E-state index contributed by atoms with van der Waals surface area (Å²) in [6, 6.07) is 10.2. The van der Waals surface area contributed by atoms with Crippen molar-refractivity contribution in [3.8, 4) is 0 Å². The number of hydrogen-bond acceptors (Lipinski definition) is 5. The molecule has 0 atom stereocenters. The number of nitrogens with zero attached hydrogens (tertiary/aromatic N) is 2. The van der Waals surface area contributed by atoms with Gasteiger partial charge in [-0.1, -0.05) is 6.07 Å². The zero-order chi connectivity index (χ0) is 17.8. The molecule has 0 spiro atoms. The number of carbonyl (C=O) groups excluding carboxylic acids is 2. The molecule has 0 aliphatic carbocycles. The van der Waals surface area contributed by atoms with Gasteiger partial charge in [-0.05, 0) is 53.2 Å². The van der Waals surface area contributed by atoms with Crippen molar-refractivity contribution in [1.82, 2.24) is 9.97 Å². The van der Waals surface area contributed by atoms with Crippen molar-refractivity contribution in [1.29, 1.82) is 0 Å². The fourth-order valence-electron chi connectivity index (χ4n) is 2.08. The predicted octanol–water partition coefficient (Wildman–Crippen LogP) is 4.11. The number of anilines is 2. The van der Waals surface area contributed by atoms with Crippen LogP contribution in [0.15, 0.2) is 52.6 Å². The van der Waals surface area contributed by atoms with Gasteiger partial charge in [0.2, 0.25) is 0 Å². The largest absolute Gasteiger partial charge is 0.321 e. The molecule has 0 saturated heterocycles. The second-order valence-corrected chi connectivity index (χ2v) is 6.89. The molecule has 3 rings (SSSR count). The first-order valence-electron chi connectivity index (χ1n) is 7.27. The van der Waals surface area contributed by atoms with Crippen LogP contribution in [0.25, 0.3) is 0 Å². The standard InChI is InChI=1S/C17H13BrN4O2S/c1-10-15(25-9-20-10)17(24)21-13-4-2-3-11(7-13)16(23)22-14-6-5-12(18)8-19-14/h2-9H,1H3,(H,21,24)(H,19,22,23). The Hall–Kier alpha value is -2.58. The molecule has 3 aromatic rings. The predicted molar refractivity (Wildman–Crippen MR) is 101 cm³/mol. The first-order valence-corrected chi connectivity index (χ1v) is 8.94. The summed E-state index contributed by atoms with van der Waals surface area (Å²) in [6.07, 6.45) is 1.60. The minimum absolute atomic E-state index is 0.243. The van der Waals surface area contributed by atoms with Gasteiger partial charge in [-0.3, -0.25) is 9.59 Å². The Balaban J connectivity index is 1.72. The minimum Gasteiger partial charge on any atom is -0.321 e. The number of aromatic nitrogens is 2. The minimum atomic E-state index is -0.306. The number of rotatable bonds is 4. The van der Waals surface area contributed by atoms with E-state index in [9.17, 15) is 9.59 Å². The van der Waals surface area contributed by atoms with Gasteiger partial charge in [0.25, 0.3) is 11.8 Å². The number of hydrogen-bond donors (Lipinski definition) is 2. The Kier molecular flexibility index (Phi) is 5.20. The van der Waals surface area contributed by atoms with E-state index in [1.807, 2.05) is 0 Å². The van der Waals surface area contributed by atoms with Crippen LogP contribution < -0.4 is 10.6 Å². The maximum absolute atomic E-state index is 12.3. The lowest BCUT2D eigenvalue weighted by Crippen LogP contribution is -2.15. The van der Waals surface area contributed by atoms with E-state index in [-0.39, 0.29) is 11.8 Å². The molecule has 0 aliphatic heterocycles. The van der Waals surface area contributed by atoms with Gasteiger partial charge in [-0.25, -0.2) is 9.97 Å². The van der Waals surface area contributed by atoms with E-state index in [1.54, 1.807) is 55.0 Å². The second-order valence-electron chi connectivity index (χ2n) is 5.12. The number of carbonyl (C=O) groups is 2. The molecule has 126 valence electrons. The monoisotopic (exact) mass is 416 g/mol. The average Bonchev–Trinajstić information content (AvgIpc) is 3.03. The van der Waals surface area contributed by atoms with Crippen LogP contribution in [0.3, 0.4) is 0 Å². The molecule has 0 radical (unpaired) electrons. The number of nitrogens with one attached hydrogen (secondary N) is 2. The Bertz CT molecular complexity index is 924. The van der Waals surface area contributed by atoms with Crippen LogP contribution in [0.4, 0.5) is 11.5 Å². The van der Waals surface area contributed by atoms with Crippen LogP contribution in [0.2, 0.25) is 0 Å². The Morgan fingerprint density at radius 1 is 1.08 bits per heavy atom. The molecule has 0 aliphatic rings. The number of thiazole rings is 1. The zero-order valence-corrected chi connectivity index (χ0v) is 15.5. The lowest BCUT2D eigenvalue weighted by molar-refractivity contribution is 0.101. The third-order valence-corrected chi connectivity index (χ3v) is 4.70. The van der Waals surface area contributed by atoms with Crippen LogP contribution >= 0.6 is 27.3 Å². The van der Waals surface area contributed by atoms with Crippen LogP contribution in [-0.4, -0.2) is 21.8 Å². The van der Waals surface area contributed by atoms with Crippen molar-refractivity contribution in [3.05, 3.63) is 68.7 Å². The average molecular weight is 417 g/mol. The number of benzene rings is 1. The molecule has 6 nitrogen and oxygen atoms in total. The third kappa shape index (κ3) is 4.28. The summed E-state index contributed by atoms with van der Waals surface area (Å²) in [5.41, 5.74) is 3.26. The van der Waals surface area contributed by atoms with Gasteiger partial charge in [0.05, 0.1) is 11.2 Å². The Morgan fingerprint density at radius 2 is 1.92 bits per heavy atom. The fourth-order valence-corrected chi connectivity index (χ4v) is 3.02.